The van der Waals surface area contributed by atoms with Crippen LogP contribution in [0.15, 0.2) is 48.5 Å². The van der Waals surface area contributed by atoms with Gasteiger partial charge in [0, 0.05) is 35.6 Å². The van der Waals surface area contributed by atoms with Crippen LogP contribution in [0.2, 0.25) is 5.02 Å². The Labute approximate surface area is 182 Å². The Morgan fingerprint density at radius 3 is 2.37 bits per heavy atom. The van der Waals surface area contributed by atoms with Crippen molar-refractivity contribution in [2.75, 3.05) is 25.5 Å². The van der Waals surface area contributed by atoms with Crippen LogP contribution in [0.3, 0.4) is 0 Å². The molecule has 1 aliphatic heterocycles. The molecule has 2 N–H and O–H groups in total. The van der Waals surface area contributed by atoms with E-state index in [1.165, 1.54) is 0 Å². The minimum absolute atomic E-state index is 0.0777. The topological polar surface area (TPSA) is 70.7 Å². The van der Waals surface area contributed by atoms with Crippen LogP contribution >= 0.6 is 11.6 Å². The molecule has 2 atom stereocenters. The van der Waals surface area contributed by atoms with E-state index in [1.807, 2.05) is 43.0 Å². The highest BCUT2D eigenvalue weighted by Crippen LogP contribution is 2.30. The lowest BCUT2D eigenvalue weighted by atomic mass is 9.85. The lowest BCUT2D eigenvalue weighted by Crippen LogP contribution is -2.54. The number of benzene rings is 2. The highest BCUT2D eigenvalue weighted by Gasteiger charge is 2.34. The number of carbonyl (C=O) groups is 2. The van der Waals surface area contributed by atoms with Crippen molar-refractivity contribution in [1.29, 1.82) is 0 Å². The van der Waals surface area contributed by atoms with Gasteiger partial charge < -0.3 is 20.3 Å². The number of rotatable bonds is 5. The van der Waals surface area contributed by atoms with E-state index in [9.17, 15) is 9.59 Å². The molecule has 2 aromatic rings. The number of urea groups is 1. The second-order valence-corrected chi connectivity index (χ2v) is 8.26. The number of halogens is 1. The van der Waals surface area contributed by atoms with Gasteiger partial charge in [-0.25, -0.2) is 4.79 Å². The summed E-state index contributed by atoms with van der Waals surface area (Å²) in [5.74, 6) is 0.915. The van der Waals surface area contributed by atoms with Gasteiger partial charge in [-0.05, 0) is 48.4 Å². The zero-order valence-corrected chi connectivity index (χ0v) is 18.3. The van der Waals surface area contributed by atoms with Gasteiger partial charge in [0.15, 0.2) is 0 Å². The van der Waals surface area contributed by atoms with Crippen LogP contribution in [0, 0.1) is 5.92 Å². The molecule has 2 aromatic carbocycles. The molecule has 160 valence electrons. The summed E-state index contributed by atoms with van der Waals surface area (Å²) in [4.78, 5) is 27.1. The number of piperidine rings is 1. The Hall–Kier alpha value is -2.73. The third-order valence-electron chi connectivity index (χ3n) is 5.38. The second kappa shape index (κ2) is 9.85. The molecule has 1 unspecified atom stereocenters. The monoisotopic (exact) mass is 429 g/mol. The van der Waals surface area contributed by atoms with Crippen molar-refractivity contribution in [2.45, 2.75) is 32.2 Å². The number of nitrogens with one attached hydrogen (secondary N) is 2. The van der Waals surface area contributed by atoms with Crippen molar-refractivity contribution in [1.82, 2.24) is 10.2 Å². The number of ether oxygens (including phenoxy) is 1. The third kappa shape index (κ3) is 5.45. The smallest absolute Gasteiger partial charge is 0.319 e. The molecule has 6 nitrogen and oxygen atoms in total. The predicted octanol–water partition coefficient (Wildman–Crippen LogP) is 4.51. The van der Waals surface area contributed by atoms with Crippen LogP contribution in [-0.4, -0.2) is 43.1 Å². The molecule has 1 fully saturated rings. The molecule has 0 aliphatic carbocycles. The molecule has 0 aromatic heterocycles. The molecule has 1 saturated heterocycles. The van der Waals surface area contributed by atoms with E-state index < -0.39 is 0 Å². The van der Waals surface area contributed by atoms with Gasteiger partial charge in [0.2, 0.25) is 5.91 Å². The summed E-state index contributed by atoms with van der Waals surface area (Å²) in [7, 11) is 1.64. The molecule has 0 bridgehead atoms. The van der Waals surface area contributed by atoms with Crippen molar-refractivity contribution in [3.8, 4) is 5.75 Å². The number of hydrogen-bond acceptors (Lipinski definition) is 3. The molecule has 1 aliphatic rings. The fraction of sp³-hybridized carbons (Fsp3) is 0.391. The number of carbonyl (C=O) groups excluding carboxylic acids is 2. The standard InChI is InChI=1S/C23H28ClN3O3/c1-15(2)22(28)27-13-12-20(16-4-10-19(30-3)11-5-16)21(14-27)26-23(29)25-18-8-6-17(24)7-9-18/h4-11,15,20-21H,12-14H2,1-3H3,(H2,25,26,29)/t20?,21-/m1/s1. The highest BCUT2D eigenvalue weighted by molar-refractivity contribution is 6.30. The Morgan fingerprint density at radius 2 is 1.77 bits per heavy atom. The first-order chi connectivity index (χ1) is 14.4. The number of nitrogens with zero attached hydrogens (tertiary/aromatic N) is 1. The first kappa shape index (κ1) is 22.0. The molecule has 30 heavy (non-hydrogen) atoms. The van der Waals surface area contributed by atoms with Crippen LogP contribution in [0.1, 0.15) is 31.7 Å². The summed E-state index contributed by atoms with van der Waals surface area (Å²) >= 11 is 5.91. The number of methoxy groups -OCH3 is 1. The summed E-state index contributed by atoms with van der Waals surface area (Å²) in [6, 6.07) is 14.3. The minimum Gasteiger partial charge on any atom is -0.497 e. The Bertz CT molecular complexity index is 868. The maximum atomic E-state index is 12.7. The van der Waals surface area contributed by atoms with Crippen LogP contribution in [0.4, 0.5) is 10.5 Å². The lowest BCUT2D eigenvalue weighted by molar-refractivity contribution is -0.136. The van der Waals surface area contributed by atoms with Crippen molar-refractivity contribution >= 4 is 29.2 Å². The SMILES string of the molecule is COc1ccc(C2CCN(C(=O)C(C)C)C[C@H]2NC(=O)Nc2ccc(Cl)cc2)cc1. The quantitative estimate of drug-likeness (QED) is 0.734. The fourth-order valence-electron chi connectivity index (χ4n) is 3.78. The molecular formula is C23H28ClN3O3. The summed E-state index contributed by atoms with van der Waals surface area (Å²) in [6.07, 6.45) is 0.774. The molecule has 0 spiro atoms. The summed E-state index contributed by atoms with van der Waals surface area (Å²) < 4.78 is 5.26. The molecule has 1 heterocycles. The van der Waals surface area contributed by atoms with E-state index in [1.54, 1.807) is 31.4 Å². The zero-order chi connectivity index (χ0) is 21.7. The molecule has 0 radical (unpaired) electrons. The normalized spacial score (nSPS) is 18.8. The van der Waals surface area contributed by atoms with E-state index in [0.29, 0.717) is 23.8 Å². The molecular weight excluding hydrogens is 402 g/mol. The van der Waals surface area contributed by atoms with E-state index in [2.05, 4.69) is 10.6 Å². The predicted molar refractivity (Wildman–Crippen MR) is 119 cm³/mol. The van der Waals surface area contributed by atoms with E-state index >= 15 is 0 Å². The first-order valence-electron chi connectivity index (χ1n) is 10.1. The van der Waals surface area contributed by atoms with Gasteiger partial charge in [0.05, 0.1) is 13.2 Å². The van der Waals surface area contributed by atoms with Gasteiger partial charge >= 0.3 is 6.03 Å². The van der Waals surface area contributed by atoms with Crippen LogP contribution in [0.5, 0.6) is 5.75 Å². The maximum absolute atomic E-state index is 12.7. The Kier molecular flexibility index (Phi) is 7.21. The van der Waals surface area contributed by atoms with Crippen molar-refractivity contribution in [3.05, 3.63) is 59.1 Å². The number of hydrogen-bond donors (Lipinski definition) is 2. The summed E-state index contributed by atoms with van der Waals surface area (Å²) in [5, 5.41) is 6.52. The Balaban J connectivity index is 1.76. The van der Waals surface area contributed by atoms with Gasteiger partial charge in [-0.1, -0.05) is 37.6 Å². The average molecular weight is 430 g/mol. The second-order valence-electron chi connectivity index (χ2n) is 7.82. The minimum atomic E-state index is -0.306. The van der Waals surface area contributed by atoms with Gasteiger partial charge in [0.25, 0.3) is 0 Å². The van der Waals surface area contributed by atoms with Crippen molar-refractivity contribution in [2.24, 2.45) is 5.92 Å². The first-order valence-corrected chi connectivity index (χ1v) is 10.5. The molecule has 3 rings (SSSR count). The van der Waals surface area contributed by atoms with E-state index in [-0.39, 0.29) is 29.8 Å². The lowest BCUT2D eigenvalue weighted by Gasteiger charge is -2.40. The summed E-state index contributed by atoms with van der Waals surface area (Å²) in [5.41, 5.74) is 1.77. The number of anilines is 1. The van der Waals surface area contributed by atoms with E-state index in [4.69, 9.17) is 16.3 Å². The highest BCUT2D eigenvalue weighted by atomic mass is 35.5. The van der Waals surface area contributed by atoms with Crippen molar-refractivity contribution < 1.29 is 14.3 Å². The number of likely N-dealkylation sites (tertiary alicyclic amines) is 1. The van der Waals surface area contributed by atoms with Gasteiger partial charge in [-0.15, -0.1) is 0 Å². The molecule has 0 saturated carbocycles. The third-order valence-corrected chi connectivity index (χ3v) is 5.63. The fourth-order valence-corrected chi connectivity index (χ4v) is 3.91. The van der Waals surface area contributed by atoms with Crippen LogP contribution in [-0.2, 0) is 4.79 Å². The van der Waals surface area contributed by atoms with Gasteiger partial charge in [0.1, 0.15) is 5.75 Å². The van der Waals surface area contributed by atoms with Gasteiger partial charge in [-0.2, -0.15) is 0 Å². The summed E-state index contributed by atoms with van der Waals surface area (Å²) in [6.45, 7) is 4.94. The molecule has 7 heteroatoms. The number of amides is 3. The van der Waals surface area contributed by atoms with E-state index in [0.717, 1.165) is 17.7 Å². The van der Waals surface area contributed by atoms with Crippen LogP contribution < -0.4 is 15.4 Å². The van der Waals surface area contributed by atoms with Crippen molar-refractivity contribution in [3.63, 3.8) is 0 Å². The maximum Gasteiger partial charge on any atom is 0.319 e. The Morgan fingerprint density at radius 1 is 1.10 bits per heavy atom. The average Bonchev–Trinajstić information content (AvgIpc) is 2.75. The zero-order valence-electron chi connectivity index (χ0n) is 17.5. The molecule has 3 amide bonds. The van der Waals surface area contributed by atoms with Crippen LogP contribution in [0.25, 0.3) is 0 Å². The largest absolute Gasteiger partial charge is 0.497 e. The van der Waals surface area contributed by atoms with Gasteiger partial charge in [-0.3, -0.25) is 4.79 Å².